The SMILES string of the molecule is c1ccc(-c2nc(-c3ccccc3)nc(-c3cc(-c4ccc5oc6c7ccccc7ccc6c5c4)cc4oc5ccncc5c34)n2)cc1. The highest BCUT2D eigenvalue weighted by molar-refractivity contribution is 6.16. The predicted octanol–water partition coefficient (Wildman–Crippen LogP) is 10.9. The molecule has 10 rings (SSSR count). The van der Waals surface area contributed by atoms with Gasteiger partial charge >= 0.3 is 0 Å². The van der Waals surface area contributed by atoms with E-state index in [-0.39, 0.29) is 0 Å². The summed E-state index contributed by atoms with van der Waals surface area (Å²) in [5.41, 5.74) is 7.90. The molecular formula is C42H24N4O2. The maximum absolute atomic E-state index is 6.47. The Hall–Kier alpha value is -6.66. The number of pyridine rings is 1. The lowest BCUT2D eigenvalue weighted by atomic mass is 9.97. The van der Waals surface area contributed by atoms with Gasteiger partial charge in [-0.15, -0.1) is 0 Å². The minimum Gasteiger partial charge on any atom is -0.456 e. The van der Waals surface area contributed by atoms with Gasteiger partial charge in [-0.2, -0.15) is 0 Å². The normalized spacial score (nSPS) is 11.8. The van der Waals surface area contributed by atoms with E-state index in [1.165, 1.54) is 0 Å². The molecule has 0 amide bonds. The van der Waals surface area contributed by atoms with Gasteiger partial charge in [-0.05, 0) is 52.9 Å². The van der Waals surface area contributed by atoms with Gasteiger partial charge in [0.15, 0.2) is 17.5 Å². The Morgan fingerprint density at radius 1 is 0.417 bits per heavy atom. The fraction of sp³-hybridized carbons (Fsp3) is 0. The zero-order valence-electron chi connectivity index (χ0n) is 25.5. The molecule has 10 aromatic rings. The second-order valence-corrected chi connectivity index (χ2v) is 11.9. The molecule has 6 heteroatoms. The van der Waals surface area contributed by atoms with Gasteiger partial charge in [0.25, 0.3) is 0 Å². The average molecular weight is 617 g/mol. The second-order valence-electron chi connectivity index (χ2n) is 11.9. The summed E-state index contributed by atoms with van der Waals surface area (Å²) in [6.45, 7) is 0. The van der Waals surface area contributed by atoms with Crippen molar-refractivity contribution in [2.75, 3.05) is 0 Å². The van der Waals surface area contributed by atoms with E-state index in [1.54, 1.807) is 6.20 Å². The van der Waals surface area contributed by atoms with Crippen LogP contribution in [-0.2, 0) is 0 Å². The molecule has 0 fully saturated rings. The van der Waals surface area contributed by atoms with Gasteiger partial charge in [-0.25, -0.2) is 15.0 Å². The summed E-state index contributed by atoms with van der Waals surface area (Å²) in [5.74, 6) is 1.76. The molecule has 0 saturated carbocycles. The predicted molar refractivity (Wildman–Crippen MR) is 191 cm³/mol. The molecule has 0 bridgehead atoms. The van der Waals surface area contributed by atoms with Crippen LogP contribution in [0.2, 0.25) is 0 Å². The number of fused-ring (bicyclic) bond motifs is 8. The van der Waals surface area contributed by atoms with Crippen LogP contribution in [0.1, 0.15) is 0 Å². The van der Waals surface area contributed by atoms with Gasteiger partial charge in [0.05, 0.1) is 0 Å². The molecule has 0 aliphatic rings. The van der Waals surface area contributed by atoms with Crippen LogP contribution in [0.25, 0.3) is 99.9 Å². The maximum Gasteiger partial charge on any atom is 0.164 e. The number of hydrogen-bond donors (Lipinski definition) is 0. The highest BCUT2D eigenvalue weighted by Gasteiger charge is 2.20. The van der Waals surface area contributed by atoms with Crippen molar-refractivity contribution < 1.29 is 8.83 Å². The molecule has 0 spiro atoms. The molecule has 6 aromatic carbocycles. The van der Waals surface area contributed by atoms with Crippen molar-refractivity contribution in [3.05, 3.63) is 146 Å². The summed E-state index contributed by atoms with van der Waals surface area (Å²) >= 11 is 0. The third-order valence-electron chi connectivity index (χ3n) is 9.01. The third kappa shape index (κ3) is 4.20. The summed E-state index contributed by atoms with van der Waals surface area (Å²) in [6.07, 6.45) is 3.59. The molecule has 48 heavy (non-hydrogen) atoms. The Kier molecular flexibility index (Phi) is 5.77. The standard InChI is InChI=1S/C42H24N4O2/c1-3-10-26(11-4-1)40-44-41(27-12-5-2-6-13-27)46-42(45-40)33-22-29(23-37-38(33)34-24-43-20-19-36(34)47-37)28-16-18-35-32(21-28)31-17-15-25-9-7-8-14-30(25)39(31)48-35/h1-24H. The molecule has 0 aliphatic carbocycles. The summed E-state index contributed by atoms with van der Waals surface area (Å²) in [6, 6.07) is 45.1. The molecule has 0 atom stereocenters. The van der Waals surface area contributed by atoms with Gasteiger partial charge in [-0.1, -0.05) is 97.1 Å². The van der Waals surface area contributed by atoms with Crippen molar-refractivity contribution in [1.29, 1.82) is 0 Å². The highest BCUT2D eigenvalue weighted by Crippen LogP contribution is 2.41. The number of hydrogen-bond acceptors (Lipinski definition) is 6. The quantitative estimate of drug-likeness (QED) is 0.196. The summed E-state index contributed by atoms with van der Waals surface area (Å²) in [4.78, 5) is 19.5. The first-order chi connectivity index (χ1) is 23.8. The summed E-state index contributed by atoms with van der Waals surface area (Å²) < 4.78 is 12.9. The van der Waals surface area contributed by atoms with Crippen LogP contribution in [-0.4, -0.2) is 19.9 Å². The molecule has 4 heterocycles. The summed E-state index contributed by atoms with van der Waals surface area (Å²) in [5, 5.41) is 6.21. The van der Waals surface area contributed by atoms with Gasteiger partial charge in [0.1, 0.15) is 22.3 Å². The van der Waals surface area contributed by atoms with Crippen LogP contribution < -0.4 is 0 Å². The molecule has 4 aromatic heterocycles. The van der Waals surface area contributed by atoms with Crippen molar-refractivity contribution >= 4 is 54.6 Å². The zero-order valence-corrected chi connectivity index (χ0v) is 25.5. The lowest BCUT2D eigenvalue weighted by Crippen LogP contribution is -2.00. The molecule has 224 valence electrons. The smallest absolute Gasteiger partial charge is 0.164 e. The van der Waals surface area contributed by atoms with Gasteiger partial charge < -0.3 is 8.83 Å². The lowest BCUT2D eigenvalue weighted by Gasteiger charge is -2.11. The first-order valence-corrected chi connectivity index (χ1v) is 15.8. The Morgan fingerprint density at radius 2 is 1.12 bits per heavy atom. The number of nitrogens with zero attached hydrogens (tertiary/aromatic N) is 4. The topological polar surface area (TPSA) is 77.8 Å². The van der Waals surface area contributed by atoms with Crippen LogP contribution in [0.15, 0.2) is 155 Å². The van der Waals surface area contributed by atoms with Crippen LogP contribution in [0.4, 0.5) is 0 Å². The van der Waals surface area contributed by atoms with Crippen molar-refractivity contribution in [2.24, 2.45) is 0 Å². The number of benzene rings is 6. The van der Waals surface area contributed by atoms with Crippen LogP contribution in [0.5, 0.6) is 0 Å². The van der Waals surface area contributed by atoms with E-state index >= 15 is 0 Å². The first kappa shape index (κ1) is 26.5. The molecule has 0 unspecified atom stereocenters. The van der Waals surface area contributed by atoms with Crippen molar-refractivity contribution in [2.45, 2.75) is 0 Å². The average Bonchev–Trinajstić information content (AvgIpc) is 3.73. The van der Waals surface area contributed by atoms with Crippen molar-refractivity contribution in [3.8, 4) is 45.3 Å². The Balaban J connectivity index is 1.24. The van der Waals surface area contributed by atoms with Gasteiger partial charge in [-0.3, -0.25) is 4.98 Å². The molecule has 0 radical (unpaired) electrons. The van der Waals surface area contributed by atoms with E-state index in [0.29, 0.717) is 17.5 Å². The van der Waals surface area contributed by atoms with Crippen molar-refractivity contribution in [1.82, 2.24) is 19.9 Å². The van der Waals surface area contributed by atoms with E-state index < -0.39 is 0 Å². The van der Waals surface area contributed by atoms with E-state index in [1.807, 2.05) is 79.0 Å². The number of furan rings is 2. The Morgan fingerprint density at radius 3 is 1.92 bits per heavy atom. The fourth-order valence-electron chi connectivity index (χ4n) is 6.71. The largest absolute Gasteiger partial charge is 0.456 e. The van der Waals surface area contributed by atoms with Gasteiger partial charge in [0, 0.05) is 56.0 Å². The third-order valence-corrected chi connectivity index (χ3v) is 9.01. The first-order valence-electron chi connectivity index (χ1n) is 15.8. The Labute approximate surface area is 274 Å². The molecular weight excluding hydrogens is 592 g/mol. The monoisotopic (exact) mass is 616 g/mol. The Bertz CT molecular complexity index is 2780. The van der Waals surface area contributed by atoms with E-state index in [4.69, 9.17) is 23.8 Å². The van der Waals surface area contributed by atoms with E-state index in [0.717, 1.165) is 82.5 Å². The molecule has 6 nitrogen and oxygen atoms in total. The van der Waals surface area contributed by atoms with Crippen LogP contribution in [0.3, 0.4) is 0 Å². The van der Waals surface area contributed by atoms with Gasteiger partial charge in [0.2, 0.25) is 0 Å². The number of rotatable bonds is 4. The van der Waals surface area contributed by atoms with E-state index in [9.17, 15) is 0 Å². The second kappa shape index (κ2) is 10.4. The lowest BCUT2D eigenvalue weighted by molar-refractivity contribution is 0.668. The molecule has 0 saturated heterocycles. The van der Waals surface area contributed by atoms with Crippen LogP contribution >= 0.6 is 0 Å². The summed E-state index contributed by atoms with van der Waals surface area (Å²) in [7, 11) is 0. The number of aromatic nitrogens is 4. The zero-order chi connectivity index (χ0) is 31.6. The van der Waals surface area contributed by atoms with E-state index in [2.05, 4.69) is 65.6 Å². The minimum atomic E-state index is 0.558. The fourth-order valence-corrected chi connectivity index (χ4v) is 6.71. The molecule has 0 N–H and O–H groups in total. The van der Waals surface area contributed by atoms with Crippen molar-refractivity contribution in [3.63, 3.8) is 0 Å². The van der Waals surface area contributed by atoms with Crippen LogP contribution in [0, 0.1) is 0 Å². The minimum absolute atomic E-state index is 0.558. The maximum atomic E-state index is 6.47. The molecule has 0 aliphatic heterocycles. The highest BCUT2D eigenvalue weighted by atomic mass is 16.3.